The SMILES string of the molecule is OC(c1cc2c(n1C(F)F)CN(c1ncnc(Nc3ccc(-c4cn[nH]c4)cc3)n1)CC2)N1CC(F)(F)C1. The second-order valence-electron chi connectivity index (χ2n) is 9.29. The van der Waals surface area contributed by atoms with Crippen molar-refractivity contribution in [1.82, 2.24) is 34.6 Å². The molecule has 5 heterocycles. The number of nitrogens with zero attached hydrogens (tertiary/aromatic N) is 7. The minimum Gasteiger partial charge on any atom is -0.372 e. The van der Waals surface area contributed by atoms with Gasteiger partial charge in [-0.2, -0.15) is 18.9 Å². The molecule has 4 aromatic rings. The first kappa shape index (κ1) is 24.3. The van der Waals surface area contributed by atoms with Gasteiger partial charge in [0.2, 0.25) is 11.9 Å². The summed E-state index contributed by atoms with van der Waals surface area (Å²) in [6.45, 7) is -3.80. The molecule has 10 nitrogen and oxygen atoms in total. The summed E-state index contributed by atoms with van der Waals surface area (Å²) in [4.78, 5) is 15.7. The molecule has 1 aromatic carbocycles. The van der Waals surface area contributed by atoms with Crippen molar-refractivity contribution in [3.05, 3.63) is 66.0 Å². The van der Waals surface area contributed by atoms with Crippen molar-refractivity contribution in [2.45, 2.75) is 31.7 Å². The molecule has 0 aliphatic carbocycles. The minimum absolute atomic E-state index is 0.0609. The van der Waals surface area contributed by atoms with Gasteiger partial charge in [0, 0.05) is 29.7 Å². The molecule has 1 fully saturated rings. The fourth-order valence-electron chi connectivity index (χ4n) is 4.84. The van der Waals surface area contributed by atoms with Gasteiger partial charge in [-0.3, -0.25) is 14.6 Å². The van der Waals surface area contributed by atoms with Crippen LogP contribution in [0.2, 0.25) is 0 Å². The molecule has 1 saturated heterocycles. The molecule has 198 valence electrons. The number of anilines is 3. The fourth-order valence-corrected chi connectivity index (χ4v) is 4.84. The van der Waals surface area contributed by atoms with Gasteiger partial charge < -0.3 is 15.3 Å². The van der Waals surface area contributed by atoms with E-state index in [1.165, 1.54) is 12.4 Å². The van der Waals surface area contributed by atoms with Crippen LogP contribution >= 0.6 is 0 Å². The number of benzene rings is 1. The van der Waals surface area contributed by atoms with Crippen LogP contribution in [0.4, 0.5) is 35.1 Å². The van der Waals surface area contributed by atoms with E-state index >= 15 is 0 Å². The highest BCUT2D eigenvalue weighted by Crippen LogP contribution is 2.38. The highest BCUT2D eigenvalue weighted by Gasteiger charge is 2.47. The predicted octanol–water partition coefficient (Wildman–Crippen LogP) is 3.71. The maximum absolute atomic E-state index is 14.1. The maximum Gasteiger partial charge on any atom is 0.319 e. The van der Waals surface area contributed by atoms with Crippen molar-refractivity contribution in [1.29, 1.82) is 0 Å². The number of hydrogen-bond acceptors (Lipinski definition) is 8. The molecule has 14 heteroatoms. The highest BCUT2D eigenvalue weighted by atomic mass is 19.3. The summed E-state index contributed by atoms with van der Waals surface area (Å²) < 4.78 is 55.5. The lowest BCUT2D eigenvalue weighted by molar-refractivity contribution is -0.188. The number of aromatic amines is 1. The summed E-state index contributed by atoms with van der Waals surface area (Å²) in [6.07, 6.45) is 3.71. The summed E-state index contributed by atoms with van der Waals surface area (Å²) in [7, 11) is 0. The molecule has 6 rings (SSSR count). The summed E-state index contributed by atoms with van der Waals surface area (Å²) in [5.74, 6) is -2.34. The lowest BCUT2D eigenvalue weighted by Gasteiger charge is -2.41. The highest BCUT2D eigenvalue weighted by molar-refractivity contribution is 5.66. The molecular weight excluding hydrogens is 506 g/mol. The number of alkyl halides is 4. The quantitative estimate of drug-likeness (QED) is 0.311. The summed E-state index contributed by atoms with van der Waals surface area (Å²) >= 11 is 0. The number of H-pyrrole nitrogens is 1. The molecule has 0 bridgehead atoms. The van der Waals surface area contributed by atoms with Crippen molar-refractivity contribution in [2.24, 2.45) is 0 Å². The molecule has 0 radical (unpaired) electrons. The Morgan fingerprint density at radius 2 is 1.87 bits per heavy atom. The van der Waals surface area contributed by atoms with Crippen LogP contribution in [0.3, 0.4) is 0 Å². The van der Waals surface area contributed by atoms with Gasteiger partial charge in [-0.05, 0) is 35.7 Å². The van der Waals surface area contributed by atoms with Crippen LogP contribution in [0.5, 0.6) is 0 Å². The van der Waals surface area contributed by atoms with Crippen molar-refractivity contribution >= 4 is 17.6 Å². The Morgan fingerprint density at radius 3 is 2.55 bits per heavy atom. The van der Waals surface area contributed by atoms with E-state index in [4.69, 9.17) is 0 Å². The molecule has 1 atom stereocenters. The normalized spacial score (nSPS) is 17.8. The molecular formula is C24H23F4N9O. The summed E-state index contributed by atoms with van der Waals surface area (Å²) in [5, 5.41) is 20.4. The zero-order valence-corrected chi connectivity index (χ0v) is 19.9. The first-order valence-corrected chi connectivity index (χ1v) is 11.9. The largest absolute Gasteiger partial charge is 0.372 e. The fraction of sp³-hybridized carbons (Fsp3) is 0.333. The maximum atomic E-state index is 14.1. The molecule has 2 aliphatic heterocycles. The lowest BCUT2D eigenvalue weighted by atomic mass is 10.1. The molecule has 3 N–H and O–H groups in total. The number of aliphatic hydroxyl groups is 1. The van der Waals surface area contributed by atoms with Crippen LogP contribution in [0, 0.1) is 0 Å². The van der Waals surface area contributed by atoms with Crippen molar-refractivity contribution < 1.29 is 22.7 Å². The topological polar surface area (TPSA) is 111 Å². The average Bonchev–Trinajstić information content (AvgIpc) is 3.55. The van der Waals surface area contributed by atoms with E-state index in [9.17, 15) is 22.7 Å². The van der Waals surface area contributed by atoms with Gasteiger partial charge in [-0.15, -0.1) is 0 Å². The Balaban J connectivity index is 1.20. The van der Waals surface area contributed by atoms with E-state index in [0.717, 1.165) is 26.3 Å². The summed E-state index contributed by atoms with van der Waals surface area (Å²) in [6, 6.07) is 9.07. The third-order valence-corrected chi connectivity index (χ3v) is 6.74. The number of nitrogens with one attached hydrogen (secondary N) is 2. The van der Waals surface area contributed by atoms with Gasteiger partial charge >= 0.3 is 6.55 Å². The van der Waals surface area contributed by atoms with Crippen molar-refractivity contribution in [3.63, 3.8) is 0 Å². The second kappa shape index (κ2) is 9.36. The van der Waals surface area contributed by atoms with Crippen LogP contribution in [0.25, 0.3) is 11.1 Å². The van der Waals surface area contributed by atoms with Crippen LogP contribution in [0.15, 0.2) is 49.1 Å². The first-order chi connectivity index (χ1) is 18.3. The van der Waals surface area contributed by atoms with Crippen molar-refractivity contribution in [3.8, 4) is 11.1 Å². The number of aliphatic hydroxyl groups excluding tert-OH is 1. The summed E-state index contributed by atoms with van der Waals surface area (Å²) in [5.41, 5.74) is 3.51. The van der Waals surface area contributed by atoms with E-state index in [1.807, 2.05) is 24.3 Å². The molecule has 2 aliphatic rings. The number of halogens is 4. The molecule has 3 aromatic heterocycles. The van der Waals surface area contributed by atoms with Gasteiger partial charge in [-0.25, -0.2) is 18.7 Å². The van der Waals surface area contributed by atoms with Gasteiger partial charge in [0.15, 0.2) is 0 Å². The van der Waals surface area contributed by atoms with Crippen molar-refractivity contribution in [2.75, 3.05) is 29.9 Å². The Labute approximate surface area is 214 Å². The molecule has 38 heavy (non-hydrogen) atoms. The molecule has 0 amide bonds. The number of likely N-dealkylation sites (tertiary alicyclic amines) is 1. The minimum atomic E-state index is -2.95. The standard InChI is InChI=1S/C24H23F4N9O/c25-21(26)37-18(20(38)36-11-24(27,28)12-36)7-15-5-6-35(10-19(15)37)23-30-13-29-22(34-23)33-17-3-1-14(2-4-17)16-8-31-32-9-16/h1-4,7-9,13,20-21,38H,5-6,10-12H2,(H,31,32)(H,29,30,33,34). The number of hydrogen-bond donors (Lipinski definition) is 3. The number of fused-ring (bicyclic) bond motifs is 1. The molecule has 0 spiro atoms. The lowest BCUT2D eigenvalue weighted by Crippen LogP contribution is -2.57. The zero-order chi connectivity index (χ0) is 26.4. The average molecular weight is 530 g/mol. The Morgan fingerprint density at radius 1 is 1.08 bits per heavy atom. The molecule has 0 saturated carbocycles. The van der Waals surface area contributed by atoms with E-state index < -0.39 is 31.8 Å². The third kappa shape index (κ3) is 4.56. The molecule has 1 unspecified atom stereocenters. The first-order valence-electron chi connectivity index (χ1n) is 11.9. The smallest absolute Gasteiger partial charge is 0.319 e. The second-order valence-corrected chi connectivity index (χ2v) is 9.29. The van der Waals surface area contributed by atoms with Crippen LogP contribution in [-0.2, 0) is 13.0 Å². The van der Waals surface area contributed by atoms with Crippen LogP contribution in [-0.4, -0.2) is 65.3 Å². The van der Waals surface area contributed by atoms with Gasteiger partial charge in [0.25, 0.3) is 5.92 Å². The van der Waals surface area contributed by atoms with Gasteiger partial charge in [0.1, 0.15) is 12.6 Å². The van der Waals surface area contributed by atoms with E-state index in [-0.39, 0.29) is 23.9 Å². The monoisotopic (exact) mass is 529 g/mol. The Kier molecular flexibility index (Phi) is 5.99. The van der Waals surface area contributed by atoms with Crippen LogP contribution in [0.1, 0.15) is 29.7 Å². The van der Waals surface area contributed by atoms with E-state index in [0.29, 0.717) is 24.5 Å². The number of aromatic nitrogens is 6. The Bertz CT molecular complexity index is 1420. The van der Waals surface area contributed by atoms with E-state index in [1.54, 1.807) is 17.3 Å². The van der Waals surface area contributed by atoms with Gasteiger partial charge in [0.05, 0.1) is 31.5 Å². The van der Waals surface area contributed by atoms with Gasteiger partial charge in [-0.1, -0.05) is 12.1 Å². The van der Waals surface area contributed by atoms with E-state index in [2.05, 4.69) is 30.5 Å². The Hall–Kier alpha value is -4.04. The predicted molar refractivity (Wildman–Crippen MR) is 129 cm³/mol. The number of rotatable bonds is 7. The zero-order valence-electron chi connectivity index (χ0n) is 19.9. The third-order valence-electron chi connectivity index (χ3n) is 6.74. The van der Waals surface area contributed by atoms with Crippen LogP contribution < -0.4 is 10.2 Å².